The minimum atomic E-state index is -0.458. The van der Waals surface area contributed by atoms with Gasteiger partial charge in [0.1, 0.15) is 5.75 Å². The summed E-state index contributed by atoms with van der Waals surface area (Å²) >= 11 is 0. The molecule has 1 atom stereocenters. The predicted molar refractivity (Wildman–Crippen MR) is 100 cm³/mol. The van der Waals surface area contributed by atoms with Gasteiger partial charge in [0.2, 0.25) is 5.91 Å². The summed E-state index contributed by atoms with van der Waals surface area (Å²) in [6, 6.07) is 2.67. The standard InChI is InChI=1S/C19H24N4O4/c1-12(2)6-18(26)23-5-4-22(10-14(23)11-24)19(27)13-7-16-15(17(25)8-13)9-20-21(16)3/h6-9,14,24-25H,4-5,10-11H2,1-3H3. The summed E-state index contributed by atoms with van der Waals surface area (Å²) in [5, 5.41) is 24.6. The number of piperazine rings is 1. The maximum Gasteiger partial charge on any atom is 0.254 e. The number of benzene rings is 1. The normalized spacial score (nSPS) is 17.3. The molecule has 2 heterocycles. The highest BCUT2D eigenvalue weighted by molar-refractivity contribution is 6.00. The van der Waals surface area contributed by atoms with Crippen LogP contribution in [-0.4, -0.2) is 73.9 Å². The molecule has 0 saturated carbocycles. The molecule has 1 aliphatic rings. The molecule has 0 aliphatic carbocycles. The van der Waals surface area contributed by atoms with Crippen molar-refractivity contribution in [3.63, 3.8) is 0 Å². The van der Waals surface area contributed by atoms with Crippen molar-refractivity contribution < 1.29 is 19.8 Å². The molecule has 8 nitrogen and oxygen atoms in total. The molecule has 2 aromatic rings. The van der Waals surface area contributed by atoms with Crippen molar-refractivity contribution in [3.8, 4) is 5.75 Å². The Morgan fingerprint density at radius 3 is 2.70 bits per heavy atom. The molecule has 1 unspecified atom stereocenters. The number of aromatic nitrogens is 2. The minimum Gasteiger partial charge on any atom is -0.507 e. The zero-order valence-electron chi connectivity index (χ0n) is 15.7. The van der Waals surface area contributed by atoms with Crippen LogP contribution in [0.5, 0.6) is 5.75 Å². The van der Waals surface area contributed by atoms with E-state index in [1.807, 2.05) is 13.8 Å². The summed E-state index contributed by atoms with van der Waals surface area (Å²) in [6.45, 7) is 4.40. The lowest BCUT2D eigenvalue weighted by Gasteiger charge is -2.40. The molecule has 2 amide bonds. The first-order chi connectivity index (χ1) is 12.8. The van der Waals surface area contributed by atoms with Crippen LogP contribution in [0.15, 0.2) is 30.0 Å². The number of aryl methyl sites for hydroxylation is 1. The molecule has 0 bridgehead atoms. The molecule has 27 heavy (non-hydrogen) atoms. The highest BCUT2D eigenvalue weighted by atomic mass is 16.3. The van der Waals surface area contributed by atoms with Crippen LogP contribution in [0.2, 0.25) is 0 Å². The average molecular weight is 372 g/mol. The molecule has 3 rings (SSSR count). The van der Waals surface area contributed by atoms with Crippen LogP contribution in [0, 0.1) is 0 Å². The van der Waals surface area contributed by atoms with E-state index in [0.717, 1.165) is 5.57 Å². The summed E-state index contributed by atoms with van der Waals surface area (Å²) in [5.41, 5.74) is 1.90. The van der Waals surface area contributed by atoms with Gasteiger partial charge in [0.15, 0.2) is 0 Å². The number of aliphatic hydroxyl groups excluding tert-OH is 1. The SMILES string of the molecule is CC(C)=CC(=O)N1CCN(C(=O)c2cc(O)c3cnn(C)c3c2)CC1CO. The number of fused-ring (bicyclic) bond motifs is 1. The van der Waals surface area contributed by atoms with Crippen LogP contribution in [0.25, 0.3) is 10.9 Å². The van der Waals surface area contributed by atoms with E-state index >= 15 is 0 Å². The van der Waals surface area contributed by atoms with Gasteiger partial charge in [0, 0.05) is 38.3 Å². The fraction of sp³-hybridized carbons (Fsp3) is 0.421. The van der Waals surface area contributed by atoms with E-state index in [1.165, 1.54) is 12.1 Å². The van der Waals surface area contributed by atoms with Gasteiger partial charge >= 0.3 is 0 Å². The third-order valence-electron chi connectivity index (χ3n) is 4.77. The van der Waals surface area contributed by atoms with E-state index in [0.29, 0.717) is 29.6 Å². The van der Waals surface area contributed by atoms with Gasteiger partial charge in [0.25, 0.3) is 5.91 Å². The number of amides is 2. The monoisotopic (exact) mass is 372 g/mol. The second kappa shape index (κ2) is 7.40. The number of aromatic hydroxyl groups is 1. The van der Waals surface area contributed by atoms with Crippen LogP contribution < -0.4 is 0 Å². The molecule has 0 spiro atoms. The van der Waals surface area contributed by atoms with E-state index in [2.05, 4.69) is 5.10 Å². The maximum atomic E-state index is 12.9. The van der Waals surface area contributed by atoms with Gasteiger partial charge in [-0.05, 0) is 26.0 Å². The number of hydrogen-bond acceptors (Lipinski definition) is 5. The number of rotatable bonds is 3. The molecule has 1 aromatic carbocycles. The molecule has 0 radical (unpaired) electrons. The average Bonchev–Trinajstić information content (AvgIpc) is 3.01. The highest BCUT2D eigenvalue weighted by Crippen LogP contribution is 2.27. The van der Waals surface area contributed by atoms with Crippen LogP contribution in [0.4, 0.5) is 0 Å². The molecular formula is C19H24N4O4. The Bertz CT molecular complexity index is 914. The van der Waals surface area contributed by atoms with Gasteiger partial charge < -0.3 is 20.0 Å². The van der Waals surface area contributed by atoms with E-state index in [9.17, 15) is 19.8 Å². The quantitative estimate of drug-likeness (QED) is 0.780. The molecule has 144 valence electrons. The summed E-state index contributed by atoms with van der Waals surface area (Å²) < 4.78 is 1.60. The number of nitrogens with zero attached hydrogens (tertiary/aromatic N) is 4. The Labute approximate surface area is 157 Å². The molecular weight excluding hydrogens is 348 g/mol. The summed E-state index contributed by atoms with van der Waals surface area (Å²) in [5.74, 6) is -0.406. The number of phenols is 1. The van der Waals surface area contributed by atoms with Crippen molar-refractivity contribution in [1.29, 1.82) is 0 Å². The number of phenolic OH excluding ortho intramolecular Hbond substituents is 1. The fourth-order valence-electron chi connectivity index (χ4n) is 3.35. The van der Waals surface area contributed by atoms with Gasteiger partial charge in [-0.1, -0.05) is 5.57 Å². The first-order valence-electron chi connectivity index (χ1n) is 8.82. The first-order valence-corrected chi connectivity index (χ1v) is 8.82. The van der Waals surface area contributed by atoms with Crippen molar-refractivity contribution in [2.75, 3.05) is 26.2 Å². The van der Waals surface area contributed by atoms with Crippen molar-refractivity contribution >= 4 is 22.7 Å². The Morgan fingerprint density at radius 1 is 1.30 bits per heavy atom. The smallest absolute Gasteiger partial charge is 0.254 e. The van der Waals surface area contributed by atoms with Crippen molar-refractivity contribution in [2.45, 2.75) is 19.9 Å². The van der Waals surface area contributed by atoms with Gasteiger partial charge in [-0.3, -0.25) is 14.3 Å². The topological polar surface area (TPSA) is 98.9 Å². The van der Waals surface area contributed by atoms with E-state index < -0.39 is 6.04 Å². The van der Waals surface area contributed by atoms with Gasteiger partial charge in [-0.25, -0.2) is 0 Å². The summed E-state index contributed by atoms with van der Waals surface area (Å²) in [4.78, 5) is 28.4. The molecule has 2 N–H and O–H groups in total. The molecule has 1 aromatic heterocycles. The van der Waals surface area contributed by atoms with Crippen LogP contribution in [0.1, 0.15) is 24.2 Å². The lowest BCUT2D eigenvalue weighted by atomic mass is 10.1. The highest BCUT2D eigenvalue weighted by Gasteiger charge is 2.32. The second-order valence-corrected chi connectivity index (χ2v) is 7.04. The summed E-state index contributed by atoms with van der Waals surface area (Å²) in [7, 11) is 1.74. The third-order valence-corrected chi connectivity index (χ3v) is 4.77. The molecule has 1 saturated heterocycles. The Morgan fingerprint density at radius 2 is 2.04 bits per heavy atom. The van der Waals surface area contributed by atoms with E-state index in [1.54, 1.807) is 33.8 Å². The molecule has 8 heteroatoms. The van der Waals surface area contributed by atoms with Crippen LogP contribution in [-0.2, 0) is 11.8 Å². The Balaban J connectivity index is 1.82. The van der Waals surface area contributed by atoms with Crippen molar-refractivity contribution in [3.05, 3.63) is 35.5 Å². The number of allylic oxidation sites excluding steroid dienone is 1. The van der Waals surface area contributed by atoms with E-state index in [4.69, 9.17) is 0 Å². The van der Waals surface area contributed by atoms with Gasteiger partial charge in [-0.2, -0.15) is 5.10 Å². The Hall–Kier alpha value is -2.87. The number of hydrogen-bond donors (Lipinski definition) is 2. The summed E-state index contributed by atoms with van der Waals surface area (Å²) in [6.07, 6.45) is 3.09. The second-order valence-electron chi connectivity index (χ2n) is 7.04. The first kappa shape index (κ1) is 18.9. The Kier molecular flexibility index (Phi) is 5.18. The number of aliphatic hydroxyl groups is 1. The van der Waals surface area contributed by atoms with Crippen LogP contribution in [0.3, 0.4) is 0 Å². The predicted octanol–water partition coefficient (Wildman–Crippen LogP) is 0.890. The maximum absolute atomic E-state index is 12.9. The van der Waals surface area contributed by atoms with E-state index in [-0.39, 0.29) is 30.7 Å². The third kappa shape index (κ3) is 3.66. The minimum absolute atomic E-state index is 0.0000279. The number of carbonyl (C=O) groups is 2. The van der Waals surface area contributed by atoms with Crippen molar-refractivity contribution in [2.24, 2.45) is 7.05 Å². The zero-order valence-corrected chi connectivity index (χ0v) is 15.7. The zero-order chi connectivity index (χ0) is 19.7. The molecule has 1 fully saturated rings. The fourth-order valence-corrected chi connectivity index (χ4v) is 3.35. The molecule has 1 aliphatic heterocycles. The number of carbonyl (C=O) groups excluding carboxylic acids is 2. The lowest BCUT2D eigenvalue weighted by Crippen LogP contribution is -2.57. The largest absolute Gasteiger partial charge is 0.507 e. The lowest BCUT2D eigenvalue weighted by molar-refractivity contribution is -0.131. The van der Waals surface area contributed by atoms with Crippen LogP contribution >= 0.6 is 0 Å². The van der Waals surface area contributed by atoms with Gasteiger partial charge in [0.05, 0.1) is 29.7 Å². The van der Waals surface area contributed by atoms with Crippen molar-refractivity contribution in [1.82, 2.24) is 19.6 Å². The van der Waals surface area contributed by atoms with Gasteiger partial charge in [-0.15, -0.1) is 0 Å².